The van der Waals surface area contributed by atoms with Gasteiger partial charge in [-0.3, -0.25) is 9.59 Å². The smallest absolute Gasteiger partial charge is 0.425 e. The number of rotatable bonds is 18. The normalized spacial score (nSPS) is 19.4. The molecule has 3 heterocycles. The third kappa shape index (κ3) is 13.1. The summed E-state index contributed by atoms with van der Waals surface area (Å²) in [5, 5.41) is 15.1. The molecule has 60 heavy (non-hydrogen) atoms. The predicted octanol–water partition coefficient (Wildman–Crippen LogP) is 6.27. The van der Waals surface area contributed by atoms with Crippen molar-refractivity contribution in [2.45, 2.75) is 81.2 Å². The van der Waals surface area contributed by atoms with Gasteiger partial charge in [0, 0.05) is 48.9 Å². The number of likely N-dealkylation sites (tertiary alicyclic amines) is 1. The third-order valence-electron chi connectivity index (χ3n) is 10.1. The number of benzene rings is 2. The number of ether oxygens (including phenoxy) is 5. The van der Waals surface area contributed by atoms with Crippen LogP contribution in [0.1, 0.15) is 62.6 Å². The average molecular weight is 855 g/mol. The Kier molecular flexibility index (Phi) is 17.1. The molecule has 1 N–H and O–H groups in total. The van der Waals surface area contributed by atoms with Gasteiger partial charge in [-0.1, -0.05) is 24.3 Å². The highest BCUT2D eigenvalue weighted by molar-refractivity contribution is 8.00. The Balaban J connectivity index is 1.21. The number of carbonyl (C=O) groups excluding carboxylic acids is 3. The Labute approximate surface area is 351 Å². The Hall–Kier alpha value is -5.22. The van der Waals surface area contributed by atoms with Crippen molar-refractivity contribution in [2.24, 2.45) is 5.92 Å². The fourth-order valence-corrected chi connectivity index (χ4v) is 8.25. The lowest BCUT2D eigenvalue weighted by Gasteiger charge is -2.40. The molecule has 5 rings (SSSR count). The second kappa shape index (κ2) is 22.4. The van der Waals surface area contributed by atoms with Gasteiger partial charge in [0.1, 0.15) is 30.1 Å². The number of aromatic nitrogens is 3. The predicted molar refractivity (Wildman–Crippen MR) is 214 cm³/mol. The summed E-state index contributed by atoms with van der Waals surface area (Å²) in [6, 6.07) is 8.92. The van der Waals surface area contributed by atoms with Crippen molar-refractivity contribution >= 4 is 35.9 Å². The van der Waals surface area contributed by atoms with Crippen LogP contribution in [0.4, 0.5) is 18.0 Å². The highest BCUT2D eigenvalue weighted by Gasteiger charge is 2.47. The number of carbonyl (C=O) groups is 3. The van der Waals surface area contributed by atoms with Gasteiger partial charge in [-0.2, -0.15) is 10.4 Å². The molecule has 0 bridgehead atoms. The largest absolute Gasteiger partial charge is 0.512 e. The van der Waals surface area contributed by atoms with E-state index in [4.69, 9.17) is 28.9 Å². The fraction of sp³-hybridized carbons (Fsp3) is 0.476. The lowest BCUT2D eigenvalue weighted by molar-refractivity contribution is -0.172. The molecule has 0 radical (unpaired) electrons. The zero-order chi connectivity index (χ0) is 43.1. The first-order valence-electron chi connectivity index (χ1n) is 19.6. The Morgan fingerprint density at radius 2 is 1.82 bits per heavy atom. The number of thioether (sulfide) groups is 1. The summed E-state index contributed by atoms with van der Waals surface area (Å²) < 4.78 is 74.0. The van der Waals surface area contributed by atoms with E-state index in [9.17, 15) is 23.2 Å². The maximum Gasteiger partial charge on any atom is 0.512 e. The molecular formula is C42H49F3N6O8S. The monoisotopic (exact) mass is 854 g/mol. The fourth-order valence-electron chi connectivity index (χ4n) is 6.89. The van der Waals surface area contributed by atoms with E-state index in [-0.39, 0.29) is 54.9 Å². The Morgan fingerprint density at radius 1 is 1.05 bits per heavy atom. The molecule has 0 aliphatic carbocycles. The SMILES string of the molecule is CNCCC1CCN(C(=O)CCC(=O)OC(C)OC(=O)O[C@@](Cn2cncn2)(c2ccc(F)cc2F)[C@@H](C)SC2COC(/C=C/C=C/c3ccc(C#N)cc3F)OC2)CC1. The second-order valence-electron chi connectivity index (χ2n) is 14.4. The van der Waals surface area contributed by atoms with E-state index in [1.165, 1.54) is 60.3 Å². The van der Waals surface area contributed by atoms with Crippen LogP contribution >= 0.6 is 11.8 Å². The summed E-state index contributed by atoms with van der Waals surface area (Å²) in [5.41, 5.74) is -1.58. The van der Waals surface area contributed by atoms with E-state index in [1.54, 1.807) is 30.1 Å². The number of esters is 1. The Bertz CT molecular complexity index is 2000. The number of nitriles is 1. The van der Waals surface area contributed by atoms with E-state index in [1.807, 2.05) is 13.1 Å². The van der Waals surface area contributed by atoms with Crippen LogP contribution in [0.5, 0.6) is 0 Å². The number of hydrogen-bond acceptors (Lipinski definition) is 13. The standard InChI is InChI=1S/C42H49F3N6O8S/c1-28(60-34-23-55-40(56-24-34)7-5-4-6-32-9-8-31(22-46)20-36(32)44)42(25-51-27-48-26-49-51,35-11-10-33(43)21-37(35)45)59-41(54)58-29(2)57-39(53)13-12-38(52)50-18-15-30(16-19-50)14-17-47-3/h4-11,20-21,26-30,34,40,47H,12-19,23-25H2,1-3H3/b6-4+,7-5+/t28-,29?,34?,40?,42-/m1/s1. The van der Waals surface area contributed by atoms with Crippen LogP contribution in [0, 0.1) is 34.7 Å². The highest BCUT2D eigenvalue weighted by Crippen LogP contribution is 2.42. The molecular weight excluding hydrogens is 806 g/mol. The minimum Gasteiger partial charge on any atom is -0.425 e. The average Bonchev–Trinajstić information content (AvgIpc) is 3.74. The van der Waals surface area contributed by atoms with E-state index in [2.05, 4.69) is 15.4 Å². The summed E-state index contributed by atoms with van der Waals surface area (Å²) in [6.45, 7) is 5.20. The van der Waals surface area contributed by atoms with Crippen molar-refractivity contribution in [2.75, 3.05) is 39.9 Å². The van der Waals surface area contributed by atoms with Crippen LogP contribution in [0.25, 0.3) is 6.08 Å². The van der Waals surface area contributed by atoms with Crippen molar-refractivity contribution in [1.82, 2.24) is 25.0 Å². The number of nitrogens with zero attached hydrogens (tertiary/aromatic N) is 5. The molecule has 1 aromatic heterocycles. The molecule has 3 aromatic rings. The highest BCUT2D eigenvalue weighted by atomic mass is 32.2. The first kappa shape index (κ1) is 45.9. The first-order chi connectivity index (χ1) is 28.9. The molecule has 0 spiro atoms. The topological polar surface area (TPSA) is 167 Å². The third-order valence-corrected chi connectivity index (χ3v) is 11.6. The molecule has 2 aromatic carbocycles. The quantitative estimate of drug-likeness (QED) is 0.0866. The van der Waals surface area contributed by atoms with E-state index in [0.717, 1.165) is 37.9 Å². The molecule has 18 heteroatoms. The van der Waals surface area contributed by atoms with Gasteiger partial charge in [0.05, 0.1) is 43.1 Å². The zero-order valence-corrected chi connectivity index (χ0v) is 34.5. The number of hydrogen-bond donors (Lipinski definition) is 1. The van der Waals surface area contributed by atoms with Crippen LogP contribution in [-0.4, -0.2) is 101 Å². The van der Waals surface area contributed by atoms with Gasteiger partial charge in [-0.25, -0.2) is 27.6 Å². The minimum atomic E-state index is -1.91. The molecule has 2 aliphatic heterocycles. The van der Waals surface area contributed by atoms with Crippen LogP contribution in [-0.2, 0) is 45.4 Å². The van der Waals surface area contributed by atoms with Crippen molar-refractivity contribution in [3.05, 3.63) is 101 Å². The lowest BCUT2D eigenvalue weighted by Crippen LogP contribution is -2.47. The number of halogens is 3. The molecule has 322 valence electrons. The molecule has 2 saturated heterocycles. The van der Waals surface area contributed by atoms with Crippen molar-refractivity contribution in [3.63, 3.8) is 0 Å². The molecule has 14 nitrogen and oxygen atoms in total. The minimum absolute atomic E-state index is 0.0689. The van der Waals surface area contributed by atoms with Gasteiger partial charge in [-0.05, 0) is 76.0 Å². The van der Waals surface area contributed by atoms with E-state index in [0.29, 0.717) is 30.6 Å². The summed E-state index contributed by atoms with van der Waals surface area (Å²) in [5.74, 6) is -2.77. The zero-order valence-electron chi connectivity index (χ0n) is 33.6. The molecule has 2 aliphatic rings. The van der Waals surface area contributed by atoms with Gasteiger partial charge in [0.15, 0.2) is 11.9 Å². The van der Waals surface area contributed by atoms with E-state index >= 15 is 4.39 Å². The van der Waals surface area contributed by atoms with Gasteiger partial charge >= 0.3 is 12.1 Å². The van der Waals surface area contributed by atoms with Crippen LogP contribution in [0.15, 0.2) is 67.3 Å². The van der Waals surface area contributed by atoms with Gasteiger partial charge in [-0.15, -0.1) is 11.8 Å². The molecule has 1 amide bonds. The van der Waals surface area contributed by atoms with Gasteiger partial charge in [0.25, 0.3) is 0 Å². The molecule has 2 fully saturated rings. The molecule has 0 saturated carbocycles. The number of amides is 1. The molecule has 1 unspecified atom stereocenters. The number of nitrogens with one attached hydrogen (secondary N) is 1. The van der Waals surface area contributed by atoms with Crippen molar-refractivity contribution < 1.29 is 51.2 Å². The summed E-state index contributed by atoms with van der Waals surface area (Å²) in [7, 11) is 1.91. The summed E-state index contributed by atoms with van der Waals surface area (Å²) in [4.78, 5) is 44.8. The van der Waals surface area contributed by atoms with Crippen molar-refractivity contribution in [1.29, 1.82) is 5.26 Å². The summed E-state index contributed by atoms with van der Waals surface area (Å²) >= 11 is 1.25. The van der Waals surface area contributed by atoms with Gasteiger partial charge in [0.2, 0.25) is 12.2 Å². The van der Waals surface area contributed by atoms with Crippen LogP contribution in [0.2, 0.25) is 0 Å². The molecule has 3 atom stereocenters. The number of allylic oxidation sites excluding steroid dienone is 2. The summed E-state index contributed by atoms with van der Waals surface area (Å²) in [6.07, 6.45) is 8.02. The van der Waals surface area contributed by atoms with Crippen LogP contribution in [0.3, 0.4) is 0 Å². The maximum absolute atomic E-state index is 15.8. The van der Waals surface area contributed by atoms with E-state index < -0.39 is 53.0 Å². The first-order valence-corrected chi connectivity index (χ1v) is 20.6. The second-order valence-corrected chi connectivity index (χ2v) is 16.0. The van der Waals surface area contributed by atoms with Crippen LogP contribution < -0.4 is 5.32 Å². The van der Waals surface area contributed by atoms with Gasteiger partial charge < -0.3 is 33.9 Å². The lowest BCUT2D eigenvalue weighted by atomic mass is 9.89. The van der Waals surface area contributed by atoms with Crippen molar-refractivity contribution in [3.8, 4) is 6.07 Å². The Morgan fingerprint density at radius 3 is 2.48 bits per heavy atom. The number of piperidine rings is 1. The maximum atomic E-state index is 15.8.